The van der Waals surface area contributed by atoms with E-state index in [0.717, 1.165) is 10.6 Å². The van der Waals surface area contributed by atoms with E-state index in [9.17, 15) is 4.79 Å². The second-order valence-corrected chi connectivity index (χ2v) is 6.27. The molecule has 3 rings (SSSR count). The van der Waals surface area contributed by atoms with Crippen molar-refractivity contribution < 1.29 is 4.79 Å². The smallest absolute Gasteiger partial charge is 0.295 e. The van der Waals surface area contributed by atoms with E-state index >= 15 is 0 Å². The highest BCUT2D eigenvalue weighted by atomic mass is 35.5. The highest BCUT2D eigenvalue weighted by Crippen LogP contribution is 2.18. The summed E-state index contributed by atoms with van der Waals surface area (Å²) in [5.74, 6) is 0.327. The Labute approximate surface area is 135 Å². The average molecular weight is 334 g/mol. The van der Waals surface area contributed by atoms with Gasteiger partial charge in [-0.15, -0.1) is 16.4 Å². The van der Waals surface area contributed by atoms with Gasteiger partial charge in [-0.05, 0) is 38.1 Å². The third kappa shape index (κ3) is 3.00. The van der Waals surface area contributed by atoms with Crippen LogP contribution < -0.4 is 5.32 Å². The molecule has 0 aliphatic rings. The number of nitrogens with zero attached hydrogens (tertiary/aromatic N) is 4. The third-order valence-electron chi connectivity index (χ3n) is 2.88. The van der Waals surface area contributed by atoms with E-state index in [1.165, 1.54) is 11.3 Å². The SMILES string of the molecule is Cc1cnc(NC(=O)c2nc(C)n(-c3ccc(Cl)cc3)n2)s1. The maximum Gasteiger partial charge on any atom is 0.297 e. The van der Waals surface area contributed by atoms with Gasteiger partial charge in [-0.3, -0.25) is 10.1 Å². The first-order valence-electron chi connectivity index (χ1n) is 6.46. The average Bonchev–Trinajstić information content (AvgIpc) is 3.06. The van der Waals surface area contributed by atoms with Crippen molar-refractivity contribution in [3.05, 3.63) is 52.0 Å². The molecular weight excluding hydrogens is 322 g/mol. The lowest BCUT2D eigenvalue weighted by Crippen LogP contribution is -2.14. The molecule has 0 bridgehead atoms. The number of carbonyl (C=O) groups excluding carboxylic acids is 1. The largest absolute Gasteiger partial charge is 0.297 e. The first kappa shape index (κ1) is 14.7. The molecule has 2 heterocycles. The van der Waals surface area contributed by atoms with Gasteiger partial charge in [0.05, 0.1) is 5.69 Å². The number of thiazole rings is 1. The van der Waals surface area contributed by atoms with Crippen LogP contribution in [0.1, 0.15) is 21.3 Å². The zero-order valence-electron chi connectivity index (χ0n) is 11.9. The number of nitrogens with one attached hydrogen (secondary N) is 1. The summed E-state index contributed by atoms with van der Waals surface area (Å²) in [6.07, 6.45) is 1.70. The predicted octanol–water partition coefficient (Wildman–Crippen LogP) is 3.25. The van der Waals surface area contributed by atoms with Crippen molar-refractivity contribution in [1.82, 2.24) is 19.7 Å². The zero-order valence-corrected chi connectivity index (χ0v) is 13.4. The van der Waals surface area contributed by atoms with Gasteiger partial charge in [0.15, 0.2) is 5.13 Å². The molecule has 0 saturated carbocycles. The van der Waals surface area contributed by atoms with E-state index in [1.807, 2.05) is 19.1 Å². The molecule has 8 heteroatoms. The Morgan fingerprint density at radius 1 is 1.27 bits per heavy atom. The Morgan fingerprint density at radius 2 is 2.00 bits per heavy atom. The minimum absolute atomic E-state index is 0.0975. The van der Waals surface area contributed by atoms with Gasteiger partial charge in [-0.1, -0.05) is 11.6 Å². The number of hydrogen-bond acceptors (Lipinski definition) is 5. The van der Waals surface area contributed by atoms with E-state index in [0.29, 0.717) is 16.0 Å². The fraction of sp³-hybridized carbons (Fsp3) is 0.143. The summed E-state index contributed by atoms with van der Waals surface area (Å²) < 4.78 is 1.60. The highest BCUT2D eigenvalue weighted by molar-refractivity contribution is 7.15. The minimum atomic E-state index is -0.384. The molecule has 3 aromatic rings. The molecule has 2 aromatic heterocycles. The van der Waals surface area contributed by atoms with Crippen molar-refractivity contribution in [1.29, 1.82) is 0 Å². The van der Waals surface area contributed by atoms with E-state index in [2.05, 4.69) is 20.4 Å². The maximum absolute atomic E-state index is 12.2. The second-order valence-electron chi connectivity index (χ2n) is 4.60. The molecule has 0 unspecified atom stereocenters. The molecule has 0 atom stereocenters. The second kappa shape index (κ2) is 5.86. The van der Waals surface area contributed by atoms with Gasteiger partial charge in [0.2, 0.25) is 5.82 Å². The molecule has 112 valence electrons. The highest BCUT2D eigenvalue weighted by Gasteiger charge is 2.16. The zero-order chi connectivity index (χ0) is 15.7. The van der Waals surface area contributed by atoms with Gasteiger partial charge in [0.1, 0.15) is 5.82 Å². The van der Waals surface area contributed by atoms with E-state index in [4.69, 9.17) is 11.6 Å². The number of amides is 1. The van der Waals surface area contributed by atoms with Crippen molar-refractivity contribution >= 4 is 34.0 Å². The third-order valence-corrected chi connectivity index (χ3v) is 3.97. The van der Waals surface area contributed by atoms with Crippen molar-refractivity contribution in [2.24, 2.45) is 0 Å². The number of carbonyl (C=O) groups is 1. The molecule has 1 amide bonds. The number of hydrogen-bond donors (Lipinski definition) is 1. The van der Waals surface area contributed by atoms with Gasteiger partial charge in [0.25, 0.3) is 5.91 Å². The van der Waals surface area contributed by atoms with Crippen LogP contribution in [0.2, 0.25) is 5.02 Å². The fourth-order valence-electron chi connectivity index (χ4n) is 1.88. The molecule has 6 nitrogen and oxygen atoms in total. The molecule has 0 radical (unpaired) electrons. The maximum atomic E-state index is 12.2. The van der Waals surface area contributed by atoms with Crippen LogP contribution in [0.3, 0.4) is 0 Å². The predicted molar refractivity (Wildman–Crippen MR) is 85.9 cm³/mol. The van der Waals surface area contributed by atoms with E-state index in [1.54, 1.807) is 29.9 Å². The Morgan fingerprint density at radius 3 is 2.64 bits per heavy atom. The van der Waals surface area contributed by atoms with Crippen molar-refractivity contribution in [2.45, 2.75) is 13.8 Å². The van der Waals surface area contributed by atoms with Gasteiger partial charge in [-0.2, -0.15) is 0 Å². The van der Waals surface area contributed by atoms with Crippen LogP contribution in [0.4, 0.5) is 5.13 Å². The van der Waals surface area contributed by atoms with Crippen LogP contribution in [-0.4, -0.2) is 25.7 Å². The van der Waals surface area contributed by atoms with E-state index in [-0.39, 0.29) is 11.7 Å². The quantitative estimate of drug-likeness (QED) is 0.798. The number of anilines is 1. The summed E-state index contributed by atoms with van der Waals surface area (Å²) in [6.45, 7) is 3.71. The van der Waals surface area contributed by atoms with Crippen LogP contribution in [0.15, 0.2) is 30.5 Å². The normalized spacial score (nSPS) is 10.7. The molecule has 0 spiro atoms. The minimum Gasteiger partial charge on any atom is -0.295 e. The fourth-order valence-corrected chi connectivity index (χ4v) is 2.66. The molecular formula is C14H12ClN5OS. The first-order chi connectivity index (χ1) is 10.5. The molecule has 0 fully saturated rings. The monoisotopic (exact) mass is 333 g/mol. The molecule has 1 aromatic carbocycles. The molecule has 0 saturated heterocycles. The Balaban J connectivity index is 1.85. The van der Waals surface area contributed by atoms with Crippen LogP contribution in [0.25, 0.3) is 5.69 Å². The number of benzene rings is 1. The first-order valence-corrected chi connectivity index (χ1v) is 7.66. The van der Waals surface area contributed by atoms with Crippen LogP contribution in [0.5, 0.6) is 0 Å². The van der Waals surface area contributed by atoms with Crippen LogP contribution >= 0.6 is 22.9 Å². The molecule has 1 N–H and O–H groups in total. The van der Waals surface area contributed by atoms with E-state index < -0.39 is 0 Å². The van der Waals surface area contributed by atoms with Crippen molar-refractivity contribution in [3.63, 3.8) is 0 Å². The number of aromatic nitrogens is 4. The van der Waals surface area contributed by atoms with Gasteiger partial charge in [0, 0.05) is 16.1 Å². The number of rotatable bonds is 3. The summed E-state index contributed by atoms with van der Waals surface area (Å²) in [6, 6.07) is 7.15. The molecule has 22 heavy (non-hydrogen) atoms. The lowest BCUT2D eigenvalue weighted by atomic mass is 10.3. The summed E-state index contributed by atoms with van der Waals surface area (Å²) in [5.41, 5.74) is 0.790. The van der Waals surface area contributed by atoms with Crippen molar-refractivity contribution in [2.75, 3.05) is 5.32 Å². The Bertz CT molecular complexity index is 824. The van der Waals surface area contributed by atoms with Crippen LogP contribution in [-0.2, 0) is 0 Å². The standard InChI is InChI=1S/C14H12ClN5OS/c1-8-7-16-14(22-8)18-13(21)12-17-9(2)20(19-12)11-5-3-10(15)4-6-11/h3-7H,1-2H3,(H,16,18,21). The molecule has 0 aliphatic heterocycles. The summed E-state index contributed by atoms with van der Waals surface area (Å²) in [5, 5.41) is 8.10. The lowest BCUT2D eigenvalue weighted by molar-refractivity contribution is 0.101. The molecule has 0 aliphatic carbocycles. The number of aryl methyl sites for hydroxylation is 2. The number of halogens is 1. The van der Waals surface area contributed by atoms with Gasteiger partial charge >= 0.3 is 0 Å². The topological polar surface area (TPSA) is 72.7 Å². The Hall–Kier alpha value is -2.25. The lowest BCUT2D eigenvalue weighted by Gasteiger charge is -2.02. The summed E-state index contributed by atoms with van der Waals surface area (Å²) >= 11 is 7.27. The summed E-state index contributed by atoms with van der Waals surface area (Å²) in [4.78, 5) is 21.5. The van der Waals surface area contributed by atoms with Crippen molar-refractivity contribution in [3.8, 4) is 5.69 Å². The van der Waals surface area contributed by atoms with Gasteiger partial charge < -0.3 is 0 Å². The summed E-state index contributed by atoms with van der Waals surface area (Å²) in [7, 11) is 0. The Kier molecular flexibility index (Phi) is 3.91. The van der Waals surface area contributed by atoms with Crippen LogP contribution in [0, 0.1) is 13.8 Å². The van der Waals surface area contributed by atoms with Gasteiger partial charge in [-0.25, -0.2) is 14.6 Å².